The minimum Gasteiger partial charge on any atom is -0.495 e. The monoisotopic (exact) mass is 419 g/mol. The van der Waals surface area contributed by atoms with Crippen molar-refractivity contribution < 1.29 is 19.4 Å². The van der Waals surface area contributed by atoms with Crippen molar-refractivity contribution in [1.29, 1.82) is 0 Å². The van der Waals surface area contributed by atoms with Gasteiger partial charge in [0.05, 0.1) is 18.0 Å². The van der Waals surface area contributed by atoms with Crippen LogP contribution in [-0.4, -0.2) is 66.4 Å². The molecule has 0 spiro atoms. The second-order valence-electron chi connectivity index (χ2n) is 8.26. The first-order chi connectivity index (χ1) is 14.0. The van der Waals surface area contributed by atoms with Gasteiger partial charge < -0.3 is 19.6 Å². The number of nitrogens with one attached hydrogen (secondary N) is 1. The van der Waals surface area contributed by atoms with E-state index in [-0.39, 0.29) is 11.1 Å². The van der Waals surface area contributed by atoms with Gasteiger partial charge in [-0.25, -0.2) is 0 Å². The van der Waals surface area contributed by atoms with Gasteiger partial charge in [0.2, 0.25) is 5.91 Å². The van der Waals surface area contributed by atoms with Crippen LogP contribution < -0.4 is 15.0 Å². The molecule has 29 heavy (non-hydrogen) atoms. The molecular weight excluding hydrogens is 390 g/mol. The highest BCUT2D eigenvalue weighted by molar-refractivity contribution is 8.15. The number of carbonyl (C=O) groups is 2. The predicted molar refractivity (Wildman–Crippen MR) is 114 cm³/mol. The largest absolute Gasteiger partial charge is 0.495 e. The van der Waals surface area contributed by atoms with Gasteiger partial charge in [-0.3, -0.25) is 14.9 Å². The number of hydrogen-bond acceptors (Lipinski definition) is 7. The van der Waals surface area contributed by atoms with E-state index in [0.29, 0.717) is 18.8 Å². The zero-order chi connectivity index (χ0) is 20.5. The Morgan fingerprint density at radius 2 is 2.00 bits per heavy atom. The lowest BCUT2D eigenvalue weighted by Gasteiger charge is -2.41. The number of anilines is 1. The van der Waals surface area contributed by atoms with Crippen molar-refractivity contribution in [2.45, 2.75) is 43.6 Å². The van der Waals surface area contributed by atoms with E-state index in [0.717, 1.165) is 73.2 Å². The molecule has 1 aromatic rings. The smallest absolute Gasteiger partial charge is 0.286 e. The average molecular weight is 420 g/mol. The van der Waals surface area contributed by atoms with Crippen LogP contribution in [0.4, 0.5) is 10.5 Å². The van der Waals surface area contributed by atoms with Gasteiger partial charge in [-0.1, -0.05) is 17.8 Å². The van der Waals surface area contributed by atoms with E-state index < -0.39 is 11.5 Å². The molecule has 3 aliphatic rings. The molecule has 4 rings (SSSR count). The van der Waals surface area contributed by atoms with Crippen LogP contribution in [0.15, 0.2) is 12.1 Å². The molecule has 3 heterocycles. The number of carbonyl (C=O) groups excluding carboxylic acids is 2. The second-order valence-corrected chi connectivity index (χ2v) is 9.44. The summed E-state index contributed by atoms with van der Waals surface area (Å²) in [6.45, 7) is 2.97. The number of amides is 2. The number of aliphatic hydroxyl groups excluding tert-OH is 1. The van der Waals surface area contributed by atoms with E-state index in [1.165, 1.54) is 0 Å². The van der Waals surface area contributed by atoms with E-state index in [4.69, 9.17) is 4.74 Å². The fourth-order valence-electron chi connectivity index (χ4n) is 4.65. The summed E-state index contributed by atoms with van der Waals surface area (Å²) in [6.07, 6.45) is 3.61. The molecule has 2 fully saturated rings. The van der Waals surface area contributed by atoms with Crippen molar-refractivity contribution in [2.75, 3.05) is 38.7 Å². The second kappa shape index (κ2) is 8.53. The van der Waals surface area contributed by atoms with Crippen LogP contribution in [-0.2, 0) is 17.6 Å². The third kappa shape index (κ3) is 4.25. The quantitative estimate of drug-likeness (QED) is 0.755. The number of likely N-dealkylation sites (tertiary alicyclic amines) is 1. The van der Waals surface area contributed by atoms with Crippen LogP contribution in [0.3, 0.4) is 0 Å². The van der Waals surface area contributed by atoms with Crippen LogP contribution in [0.2, 0.25) is 0 Å². The summed E-state index contributed by atoms with van der Waals surface area (Å²) in [5, 5.41) is 12.5. The van der Waals surface area contributed by atoms with Crippen molar-refractivity contribution in [3.63, 3.8) is 0 Å². The lowest BCUT2D eigenvalue weighted by molar-refractivity contribution is -0.118. The minimum absolute atomic E-state index is 0.219. The number of thioether (sulfide) groups is 1. The van der Waals surface area contributed by atoms with Crippen LogP contribution >= 0.6 is 11.8 Å². The summed E-state index contributed by atoms with van der Waals surface area (Å²) in [7, 11) is 3.81. The highest BCUT2D eigenvalue weighted by atomic mass is 32.2. The van der Waals surface area contributed by atoms with Crippen LogP contribution in [0.25, 0.3) is 0 Å². The Labute approximate surface area is 175 Å². The van der Waals surface area contributed by atoms with Crippen molar-refractivity contribution >= 4 is 28.6 Å². The van der Waals surface area contributed by atoms with Gasteiger partial charge in [-0.05, 0) is 75.4 Å². The first kappa shape index (κ1) is 20.5. The highest BCUT2D eigenvalue weighted by Crippen LogP contribution is 2.42. The maximum Gasteiger partial charge on any atom is 0.286 e. The van der Waals surface area contributed by atoms with Gasteiger partial charge in [-0.2, -0.15) is 0 Å². The van der Waals surface area contributed by atoms with Crippen molar-refractivity contribution in [1.82, 2.24) is 10.2 Å². The van der Waals surface area contributed by atoms with Gasteiger partial charge in [0, 0.05) is 6.54 Å². The van der Waals surface area contributed by atoms with Crippen LogP contribution in [0, 0.1) is 5.92 Å². The summed E-state index contributed by atoms with van der Waals surface area (Å²) in [5.74, 6) is 1.08. The molecule has 2 unspecified atom stereocenters. The van der Waals surface area contributed by atoms with Crippen LogP contribution in [0.1, 0.15) is 30.4 Å². The van der Waals surface area contributed by atoms with Gasteiger partial charge in [0.1, 0.15) is 12.0 Å². The lowest BCUT2D eigenvalue weighted by Crippen LogP contribution is -2.45. The minimum atomic E-state index is -0.531. The molecule has 0 aromatic heterocycles. The molecule has 158 valence electrons. The van der Waals surface area contributed by atoms with Crippen molar-refractivity contribution in [2.24, 2.45) is 5.92 Å². The van der Waals surface area contributed by atoms with Gasteiger partial charge in [0.25, 0.3) is 5.24 Å². The molecule has 7 nitrogen and oxygen atoms in total. The van der Waals surface area contributed by atoms with E-state index in [2.05, 4.69) is 22.2 Å². The number of nitrogens with zero attached hydrogens (tertiary/aromatic N) is 2. The molecule has 0 bridgehead atoms. The molecule has 2 amide bonds. The molecule has 3 aliphatic heterocycles. The summed E-state index contributed by atoms with van der Waals surface area (Å²) in [4.78, 5) is 28.1. The number of imide groups is 1. The number of hydrogen-bond donors (Lipinski definition) is 2. The number of aliphatic hydroxyl groups is 1. The maximum absolute atomic E-state index is 12.1. The normalized spacial score (nSPS) is 25.8. The number of ether oxygens (including phenoxy) is 1. The molecule has 2 N–H and O–H groups in total. The average Bonchev–Trinajstić information content (AvgIpc) is 3.02. The highest BCUT2D eigenvalue weighted by Gasteiger charge is 2.35. The summed E-state index contributed by atoms with van der Waals surface area (Å²) in [6, 6.07) is 3.92. The summed E-state index contributed by atoms with van der Waals surface area (Å²) < 4.78 is 5.66. The van der Waals surface area contributed by atoms with Crippen molar-refractivity contribution in [3.05, 3.63) is 23.3 Å². The van der Waals surface area contributed by atoms with Crippen molar-refractivity contribution in [3.8, 4) is 5.75 Å². The topological polar surface area (TPSA) is 82.1 Å². The number of piperidine rings is 1. The number of fused-ring (bicyclic) bond motifs is 1. The fraction of sp³-hybridized carbons (Fsp3) is 0.619. The predicted octanol–water partition coefficient (Wildman–Crippen LogP) is 2.00. The number of methoxy groups -OCH3 is 1. The van der Waals surface area contributed by atoms with E-state index in [9.17, 15) is 14.7 Å². The van der Waals surface area contributed by atoms with Gasteiger partial charge in [0.15, 0.2) is 0 Å². The molecule has 2 saturated heterocycles. The maximum atomic E-state index is 12.1. The Morgan fingerprint density at radius 3 is 2.66 bits per heavy atom. The van der Waals surface area contributed by atoms with Gasteiger partial charge >= 0.3 is 0 Å². The fourth-order valence-corrected chi connectivity index (χ4v) is 5.49. The number of benzene rings is 1. The first-order valence-corrected chi connectivity index (χ1v) is 11.2. The Balaban J connectivity index is 1.62. The van der Waals surface area contributed by atoms with E-state index in [1.54, 1.807) is 7.11 Å². The lowest BCUT2D eigenvalue weighted by atomic mass is 9.90. The van der Waals surface area contributed by atoms with Crippen LogP contribution in [0.5, 0.6) is 5.75 Å². The SMILES string of the molecule is COc1ccc(CC2SC(=O)NC2=O)c2c1N(CC1CCN(C)CC1)C(O)CC2. The Hall–Kier alpha value is -1.77. The Morgan fingerprint density at radius 1 is 1.24 bits per heavy atom. The third-order valence-corrected chi connectivity index (χ3v) is 7.31. The summed E-state index contributed by atoms with van der Waals surface area (Å²) >= 11 is 1.06. The Bertz CT molecular complexity index is 794. The zero-order valence-corrected chi connectivity index (χ0v) is 17.8. The molecule has 0 saturated carbocycles. The molecular formula is C21H29N3O4S. The first-order valence-electron chi connectivity index (χ1n) is 10.3. The molecule has 0 aliphatic carbocycles. The summed E-state index contributed by atoms with van der Waals surface area (Å²) in [5.41, 5.74) is 3.15. The van der Waals surface area contributed by atoms with E-state index >= 15 is 0 Å². The zero-order valence-electron chi connectivity index (χ0n) is 17.0. The molecule has 1 aromatic carbocycles. The standard InChI is InChI=1S/C21H29N3O4S/c1-23-9-7-13(8-10-23)12-24-18(25)6-4-15-14(3-5-16(28-2)19(15)24)11-17-20(26)22-21(27)29-17/h3,5,13,17-18,25H,4,6-12H2,1-2H3,(H,22,26,27). The molecule has 2 atom stereocenters. The number of rotatable bonds is 5. The molecule has 0 radical (unpaired) electrons. The third-order valence-electron chi connectivity index (χ3n) is 6.33. The Kier molecular flexibility index (Phi) is 6.03. The molecule has 8 heteroatoms. The van der Waals surface area contributed by atoms with E-state index in [1.807, 2.05) is 12.1 Å². The van der Waals surface area contributed by atoms with Gasteiger partial charge in [-0.15, -0.1) is 0 Å².